The lowest BCUT2D eigenvalue weighted by Crippen LogP contribution is -2.35. The number of hydrogen-bond acceptors (Lipinski definition) is 9. The first-order valence-corrected chi connectivity index (χ1v) is 11.5. The van der Waals surface area contributed by atoms with E-state index in [2.05, 4.69) is 5.32 Å². The van der Waals surface area contributed by atoms with Gasteiger partial charge in [0.25, 0.3) is 0 Å². The van der Waals surface area contributed by atoms with E-state index in [9.17, 15) is 19.2 Å². The maximum Gasteiger partial charge on any atom is 0.408 e. The van der Waals surface area contributed by atoms with Crippen LogP contribution in [-0.2, 0) is 23.8 Å². The first-order chi connectivity index (χ1) is 16.3. The van der Waals surface area contributed by atoms with E-state index >= 15 is 0 Å². The number of amides is 1. The highest BCUT2D eigenvalue weighted by atomic mass is 16.6. The van der Waals surface area contributed by atoms with Crippen molar-refractivity contribution in [3.8, 4) is 11.5 Å². The van der Waals surface area contributed by atoms with Crippen LogP contribution >= 0.6 is 0 Å². The molecule has 0 saturated carbocycles. The minimum absolute atomic E-state index is 0.0614. The van der Waals surface area contributed by atoms with Gasteiger partial charge in [0, 0.05) is 5.56 Å². The molecule has 10 heteroatoms. The summed E-state index contributed by atoms with van der Waals surface area (Å²) in [4.78, 5) is 48.3. The molecule has 0 radical (unpaired) electrons. The van der Waals surface area contributed by atoms with E-state index in [0.717, 1.165) is 0 Å². The van der Waals surface area contributed by atoms with Gasteiger partial charge in [0.05, 0.1) is 19.8 Å². The molecule has 1 aromatic carbocycles. The molecule has 0 atom stereocenters. The Bertz CT molecular complexity index is 872. The van der Waals surface area contributed by atoms with Crippen molar-refractivity contribution in [1.29, 1.82) is 0 Å². The van der Waals surface area contributed by atoms with Crippen LogP contribution in [0.3, 0.4) is 0 Å². The van der Waals surface area contributed by atoms with Gasteiger partial charge < -0.3 is 29.0 Å². The number of Topliss-reactive ketones (excluding diaryl/α,β-unsaturated/α-hetero) is 1. The van der Waals surface area contributed by atoms with Gasteiger partial charge in [0.1, 0.15) is 5.60 Å². The van der Waals surface area contributed by atoms with E-state index < -0.39 is 36.0 Å². The fourth-order valence-corrected chi connectivity index (χ4v) is 2.36. The number of alkyl carbamates (subject to hydrolysis) is 1. The molecule has 0 aliphatic rings. The SMILES string of the molecule is CC(C)COC(=O)COc1ccc(C(=O)CNC(=O)OC(C)(C)C)cc1OCC(=O)OCC(C)C. The second kappa shape index (κ2) is 14.2. The Morgan fingerprint density at radius 2 is 1.34 bits per heavy atom. The molecule has 0 aliphatic carbocycles. The molecule has 0 aromatic heterocycles. The number of ketones is 1. The van der Waals surface area contributed by atoms with Gasteiger partial charge in [-0.25, -0.2) is 14.4 Å². The Morgan fingerprint density at radius 3 is 1.83 bits per heavy atom. The van der Waals surface area contributed by atoms with Crippen molar-refractivity contribution >= 4 is 23.8 Å². The monoisotopic (exact) mass is 495 g/mol. The summed E-state index contributed by atoms with van der Waals surface area (Å²) in [6.45, 7) is 12.1. The Balaban J connectivity index is 2.89. The minimum atomic E-state index is -0.727. The topological polar surface area (TPSA) is 126 Å². The molecule has 0 unspecified atom stereocenters. The van der Waals surface area contributed by atoms with Crippen LogP contribution in [0.5, 0.6) is 11.5 Å². The van der Waals surface area contributed by atoms with Crippen molar-refractivity contribution in [3.63, 3.8) is 0 Å². The molecule has 0 saturated heterocycles. The van der Waals surface area contributed by atoms with E-state index in [1.54, 1.807) is 20.8 Å². The first kappa shape index (κ1) is 29.7. The van der Waals surface area contributed by atoms with E-state index in [4.69, 9.17) is 23.7 Å². The molecule has 0 fully saturated rings. The Hall–Kier alpha value is -3.30. The standard InChI is InChI=1S/C25H37NO9/c1-16(2)12-33-22(28)14-31-20-9-8-18(19(27)11-26-24(30)35-25(5,6)7)10-21(20)32-15-23(29)34-13-17(3)4/h8-10,16-17H,11-15H2,1-7H3,(H,26,30). The zero-order chi connectivity index (χ0) is 26.6. The van der Waals surface area contributed by atoms with E-state index in [0.29, 0.717) is 0 Å². The van der Waals surface area contributed by atoms with E-state index in [1.807, 2.05) is 27.7 Å². The molecule has 196 valence electrons. The summed E-state index contributed by atoms with van der Waals surface area (Å²) in [5.41, 5.74) is -0.505. The maximum absolute atomic E-state index is 12.6. The highest BCUT2D eigenvalue weighted by Gasteiger charge is 2.19. The molecule has 0 aliphatic heterocycles. The lowest BCUT2D eigenvalue weighted by molar-refractivity contribution is -0.148. The van der Waals surface area contributed by atoms with Gasteiger partial charge in [-0.3, -0.25) is 4.79 Å². The van der Waals surface area contributed by atoms with Crippen molar-refractivity contribution < 1.29 is 42.9 Å². The molecule has 1 N–H and O–H groups in total. The molecule has 1 rings (SSSR count). The van der Waals surface area contributed by atoms with Crippen LogP contribution in [0, 0.1) is 11.8 Å². The third kappa shape index (κ3) is 13.2. The van der Waals surface area contributed by atoms with Crippen molar-refractivity contribution in [2.24, 2.45) is 11.8 Å². The smallest absolute Gasteiger partial charge is 0.408 e. The molecule has 0 bridgehead atoms. The summed E-state index contributed by atoms with van der Waals surface area (Å²) in [7, 11) is 0. The number of benzene rings is 1. The van der Waals surface area contributed by atoms with Gasteiger partial charge >= 0.3 is 18.0 Å². The first-order valence-electron chi connectivity index (χ1n) is 11.5. The van der Waals surface area contributed by atoms with Gasteiger partial charge in [0.2, 0.25) is 0 Å². The average molecular weight is 496 g/mol. The number of ether oxygens (including phenoxy) is 5. The number of esters is 2. The number of rotatable bonds is 13. The van der Waals surface area contributed by atoms with Gasteiger partial charge in [-0.2, -0.15) is 0 Å². The van der Waals surface area contributed by atoms with Crippen molar-refractivity contribution in [2.45, 2.75) is 54.1 Å². The summed E-state index contributed by atoms with van der Waals surface area (Å²) < 4.78 is 26.3. The van der Waals surface area contributed by atoms with Crippen LogP contribution < -0.4 is 14.8 Å². The summed E-state index contributed by atoms with van der Waals surface area (Å²) >= 11 is 0. The molecule has 1 amide bonds. The normalized spacial score (nSPS) is 11.1. The summed E-state index contributed by atoms with van der Waals surface area (Å²) in [6, 6.07) is 4.26. The molecule has 35 heavy (non-hydrogen) atoms. The van der Waals surface area contributed by atoms with Crippen molar-refractivity contribution in [1.82, 2.24) is 5.32 Å². The average Bonchev–Trinajstić information content (AvgIpc) is 2.76. The van der Waals surface area contributed by atoms with Gasteiger partial charge in [-0.15, -0.1) is 0 Å². The number of carbonyl (C=O) groups excluding carboxylic acids is 4. The summed E-state index contributed by atoms with van der Waals surface area (Å²) in [5, 5.41) is 2.39. The summed E-state index contributed by atoms with van der Waals surface area (Å²) in [5.74, 6) is -1.05. The lowest BCUT2D eigenvalue weighted by atomic mass is 10.1. The van der Waals surface area contributed by atoms with Crippen molar-refractivity contribution in [2.75, 3.05) is 33.0 Å². The fraction of sp³-hybridized carbons (Fsp3) is 0.600. The summed E-state index contributed by atoms with van der Waals surface area (Å²) in [6.07, 6.45) is -0.727. The Morgan fingerprint density at radius 1 is 0.829 bits per heavy atom. The number of carbonyl (C=O) groups is 4. The predicted octanol–water partition coefficient (Wildman–Crippen LogP) is 3.55. The number of nitrogens with one attached hydrogen (secondary N) is 1. The van der Waals surface area contributed by atoms with Crippen LogP contribution in [-0.4, -0.2) is 62.4 Å². The zero-order valence-electron chi connectivity index (χ0n) is 21.6. The van der Waals surface area contributed by atoms with Crippen LogP contribution in [0.2, 0.25) is 0 Å². The molecule has 0 spiro atoms. The predicted molar refractivity (Wildman–Crippen MR) is 128 cm³/mol. The van der Waals surface area contributed by atoms with E-state index in [-0.39, 0.29) is 55.3 Å². The largest absolute Gasteiger partial charge is 0.478 e. The van der Waals surface area contributed by atoms with Crippen LogP contribution in [0.4, 0.5) is 4.79 Å². The maximum atomic E-state index is 12.6. The van der Waals surface area contributed by atoms with Crippen molar-refractivity contribution in [3.05, 3.63) is 23.8 Å². The van der Waals surface area contributed by atoms with E-state index in [1.165, 1.54) is 18.2 Å². The van der Waals surface area contributed by atoms with Gasteiger partial charge in [0.15, 0.2) is 30.5 Å². The van der Waals surface area contributed by atoms with Crippen LogP contribution in [0.25, 0.3) is 0 Å². The highest BCUT2D eigenvalue weighted by Crippen LogP contribution is 2.29. The molecule has 1 aromatic rings. The van der Waals surface area contributed by atoms with Crippen LogP contribution in [0.15, 0.2) is 18.2 Å². The fourth-order valence-electron chi connectivity index (χ4n) is 2.36. The molecular formula is C25H37NO9. The molecular weight excluding hydrogens is 458 g/mol. The molecule has 0 heterocycles. The third-order valence-corrected chi connectivity index (χ3v) is 3.90. The molecule has 10 nitrogen and oxygen atoms in total. The quantitative estimate of drug-likeness (QED) is 0.248. The van der Waals surface area contributed by atoms with Gasteiger partial charge in [-0.05, 0) is 50.8 Å². The second-order valence-corrected chi connectivity index (χ2v) is 9.67. The van der Waals surface area contributed by atoms with Gasteiger partial charge in [-0.1, -0.05) is 27.7 Å². The Labute approximate surface area is 206 Å². The second-order valence-electron chi connectivity index (χ2n) is 9.67. The van der Waals surface area contributed by atoms with Crippen LogP contribution in [0.1, 0.15) is 58.8 Å². The number of hydrogen-bond donors (Lipinski definition) is 1. The Kier molecular flexibility index (Phi) is 12.0. The zero-order valence-corrected chi connectivity index (χ0v) is 21.6. The lowest BCUT2D eigenvalue weighted by Gasteiger charge is -2.19. The minimum Gasteiger partial charge on any atom is -0.478 e. The highest BCUT2D eigenvalue weighted by molar-refractivity contribution is 5.99. The third-order valence-electron chi connectivity index (χ3n) is 3.90.